The van der Waals surface area contributed by atoms with Crippen LogP contribution in [-0.4, -0.2) is 0 Å². The summed E-state index contributed by atoms with van der Waals surface area (Å²) in [6, 6.07) is 13.6. The molecule has 0 amide bonds. The minimum absolute atomic E-state index is 0.0979. The molecule has 0 fully saturated rings. The summed E-state index contributed by atoms with van der Waals surface area (Å²) >= 11 is 0. The monoisotopic (exact) mass is 242 g/mol. The van der Waals surface area contributed by atoms with E-state index in [1.54, 1.807) is 0 Å². The second kappa shape index (κ2) is 4.56. The van der Waals surface area contributed by atoms with Gasteiger partial charge in [-0.05, 0) is 29.5 Å². The molecule has 0 unspecified atom stereocenters. The highest BCUT2D eigenvalue weighted by Gasteiger charge is 2.21. The maximum absolute atomic E-state index is 14.6. The van der Waals surface area contributed by atoms with Crippen molar-refractivity contribution in [2.75, 3.05) is 0 Å². The van der Waals surface area contributed by atoms with Gasteiger partial charge in [0.1, 0.15) is 5.82 Å². The maximum atomic E-state index is 14.6. The van der Waals surface area contributed by atoms with E-state index in [0.717, 1.165) is 16.7 Å². The van der Waals surface area contributed by atoms with E-state index in [1.807, 2.05) is 70.2 Å². The van der Waals surface area contributed by atoms with Crippen molar-refractivity contribution in [1.29, 1.82) is 0 Å². The third kappa shape index (κ3) is 2.45. The number of benzene rings is 2. The predicted octanol–water partition coefficient (Wildman–Crippen LogP) is 5.10. The number of rotatable bonds is 1. The zero-order chi connectivity index (χ0) is 13.3. The van der Waals surface area contributed by atoms with Gasteiger partial charge in [0.2, 0.25) is 0 Å². The molecule has 0 nitrogen and oxygen atoms in total. The van der Waals surface area contributed by atoms with Gasteiger partial charge in [-0.3, -0.25) is 0 Å². The molecule has 0 heterocycles. The molecule has 0 aromatic heterocycles. The van der Waals surface area contributed by atoms with Gasteiger partial charge in [0.05, 0.1) is 0 Å². The van der Waals surface area contributed by atoms with Crippen molar-refractivity contribution in [2.45, 2.75) is 33.1 Å². The van der Waals surface area contributed by atoms with Crippen LogP contribution >= 0.6 is 0 Å². The second-order valence-electron chi connectivity index (χ2n) is 5.79. The van der Waals surface area contributed by atoms with E-state index >= 15 is 0 Å². The van der Waals surface area contributed by atoms with Crippen molar-refractivity contribution in [3.05, 3.63) is 59.4 Å². The van der Waals surface area contributed by atoms with Gasteiger partial charge in [0.15, 0.2) is 0 Å². The van der Waals surface area contributed by atoms with Crippen molar-refractivity contribution in [2.24, 2.45) is 0 Å². The predicted molar refractivity (Wildman–Crippen MR) is 75.3 cm³/mol. The first-order chi connectivity index (χ1) is 8.39. The number of hydrogen-bond donors (Lipinski definition) is 0. The van der Waals surface area contributed by atoms with Crippen LogP contribution in [0, 0.1) is 12.7 Å². The Balaban J connectivity index is 2.67. The van der Waals surface area contributed by atoms with Crippen LogP contribution in [0.2, 0.25) is 0 Å². The Labute approximate surface area is 108 Å². The average Bonchev–Trinajstić information content (AvgIpc) is 2.31. The van der Waals surface area contributed by atoms with Crippen LogP contribution in [0.15, 0.2) is 42.5 Å². The highest BCUT2D eigenvalue weighted by atomic mass is 19.1. The van der Waals surface area contributed by atoms with E-state index in [4.69, 9.17) is 0 Å². The lowest BCUT2D eigenvalue weighted by Crippen LogP contribution is -2.14. The molecule has 2 aromatic carbocycles. The summed E-state index contributed by atoms with van der Waals surface area (Å²) in [6.07, 6.45) is 0. The Morgan fingerprint density at radius 2 is 1.56 bits per heavy atom. The fourth-order valence-corrected chi connectivity index (χ4v) is 2.14. The Morgan fingerprint density at radius 3 is 2.11 bits per heavy atom. The van der Waals surface area contributed by atoms with Crippen LogP contribution in [0.4, 0.5) is 4.39 Å². The third-order valence-electron chi connectivity index (χ3n) is 3.11. The topological polar surface area (TPSA) is 0 Å². The molecule has 94 valence electrons. The van der Waals surface area contributed by atoms with Crippen LogP contribution in [0.25, 0.3) is 11.1 Å². The smallest absolute Gasteiger partial charge is 0.134 e. The molecule has 2 aromatic rings. The summed E-state index contributed by atoms with van der Waals surface area (Å²) in [5.74, 6) is -0.0979. The van der Waals surface area contributed by atoms with Gasteiger partial charge < -0.3 is 0 Å². The molecular formula is C17H19F. The fraction of sp³-hybridized carbons (Fsp3) is 0.294. The van der Waals surface area contributed by atoms with Crippen LogP contribution < -0.4 is 0 Å². The van der Waals surface area contributed by atoms with E-state index in [1.165, 1.54) is 0 Å². The second-order valence-corrected chi connectivity index (χ2v) is 5.79. The third-order valence-corrected chi connectivity index (χ3v) is 3.11. The van der Waals surface area contributed by atoms with Gasteiger partial charge in [-0.2, -0.15) is 0 Å². The molecule has 1 heteroatoms. The molecule has 0 radical (unpaired) electrons. The van der Waals surface area contributed by atoms with E-state index in [0.29, 0.717) is 5.56 Å². The quantitative estimate of drug-likeness (QED) is 0.652. The largest absolute Gasteiger partial charge is 0.206 e. The zero-order valence-corrected chi connectivity index (χ0v) is 11.4. The minimum atomic E-state index is -0.181. The number of halogens is 1. The SMILES string of the molecule is Cc1cc(-c2ccccc2)c(F)c(C(C)(C)C)c1. The van der Waals surface area contributed by atoms with Crippen molar-refractivity contribution in [3.8, 4) is 11.1 Å². The van der Waals surface area contributed by atoms with E-state index in [2.05, 4.69) is 0 Å². The fourth-order valence-electron chi connectivity index (χ4n) is 2.14. The van der Waals surface area contributed by atoms with Crippen molar-refractivity contribution >= 4 is 0 Å². The molecule has 0 aliphatic heterocycles. The van der Waals surface area contributed by atoms with Crippen LogP contribution in [0.5, 0.6) is 0 Å². The lowest BCUT2D eigenvalue weighted by molar-refractivity contribution is 0.524. The normalized spacial score (nSPS) is 11.6. The Morgan fingerprint density at radius 1 is 0.944 bits per heavy atom. The molecule has 0 spiro atoms. The average molecular weight is 242 g/mol. The standard InChI is InChI=1S/C17H19F/c1-12-10-14(13-8-6-5-7-9-13)16(18)15(11-12)17(2,3)4/h5-11H,1-4H3. The molecule has 2 rings (SSSR count). The molecule has 0 bridgehead atoms. The lowest BCUT2D eigenvalue weighted by atomic mass is 9.83. The zero-order valence-electron chi connectivity index (χ0n) is 11.4. The van der Waals surface area contributed by atoms with E-state index in [9.17, 15) is 4.39 Å². The molecule has 0 aliphatic rings. The van der Waals surface area contributed by atoms with Crippen LogP contribution in [-0.2, 0) is 5.41 Å². The molecular weight excluding hydrogens is 223 g/mol. The number of hydrogen-bond acceptors (Lipinski definition) is 0. The van der Waals surface area contributed by atoms with Crippen molar-refractivity contribution in [3.63, 3.8) is 0 Å². The van der Waals surface area contributed by atoms with E-state index in [-0.39, 0.29) is 11.2 Å². The van der Waals surface area contributed by atoms with Gasteiger partial charge in [0.25, 0.3) is 0 Å². The summed E-state index contributed by atoms with van der Waals surface area (Å²) in [6.45, 7) is 8.14. The molecule has 0 N–H and O–H groups in total. The Bertz CT molecular complexity index is 548. The Hall–Kier alpha value is -1.63. The molecule has 18 heavy (non-hydrogen) atoms. The number of aryl methyl sites for hydroxylation is 1. The lowest BCUT2D eigenvalue weighted by Gasteiger charge is -2.22. The summed E-state index contributed by atoms with van der Waals surface area (Å²) in [4.78, 5) is 0. The Kier molecular flexibility index (Phi) is 3.25. The van der Waals surface area contributed by atoms with Gasteiger partial charge >= 0.3 is 0 Å². The molecule has 0 aliphatic carbocycles. The molecule has 0 atom stereocenters. The maximum Gasteiger partial charge on any atom is 0.134 e. The molecule has 0 saturated heterocycles. The van der Waals surface area contributed by atoms with E-state index < -0.39 is 0 Å². The summed E-state index contributed by atoms with van der Waals surface area (Å²) in [7, 11) is 0. The van der Waals surface area contributed by atoms with Crippen molar-refractivity contribution < 1.29 is 4.39 Å². The van der Waals surface area contributed by atoms with Gasteiger partial charge in [-0.15, -0.1) is 0 Å². The minimum Gasteiger partial charge on any atom is -0.206 e. The summed E-state index contributed by atoms with van der Waals surface area (Å²) in [5.41, 5.74) is 3.32. The highest BCUT2D eigenvalue weighted by Crippen LogP contribution is 2.32. The first-order valence-electron chi connectivity index (χ1n) is 6.25. The summed E-state index contributed by atoms with van der Waals surface area (Å²) < 4.78 is 14.6. The summed E-state index contributed by atoms with van der Waals surface area (Å²) in [5, 5.41) is 0. The van der Waals surface area contributed by atoms with Gasteiger partial charge in [-0.25, -0.2) is 4.39 Å². The van der Waals surface area contributed by atoms with Crippen LogP contribution in [0.1, 0.15) is 31.9 Å². The first-order valence-corrected chi connectivity index (χ1v) is 6.25. The van der Waals surface area contributed by atoms with Gasteiger partial charge in [0, 0.05) is 5.56 Å². The highest BCUT2D eigenvalue weighted by molar-refractivity contribution is 5.66. The molecule has 0 saturated carbocycles. The van der Waals surface area contributed by atoms with Gasteiger partial charge in [-0.1, -0.05) is 62.7 Å². The first kappa shape index (κ1) is 12.8. The van der Waals surface area contributed by atoms with Crippen molar-refractivity contribution in [1.82, 2.24) is 0 Å². The van der Waals surface area contributed by atoms with Crippen LogP contribution in [0.3, 0.4) is 0 Å².